The minimum atomic E-state index is 0.590. The van der Waals surface area contributed by atoms with Gasteiger partial charge in [0.2, 0.25) is 0 Å². The number of aromatic nitrogens is 2. The SMILES string of the molecule is Clc1nc(CC2CCNC2)n2c(Br)cccc12. The van der Waals surface area contributed by atoms with Crippen molar-refractivity contribution in [3.8, 4) is 0 Å². The molecule has 1 aliphatic rings. The van der Waals surface area contributed by atoms with E-state index in [1.807, 2.05) is 18.2 Å². The van der Waals surface area contributed by atoms with Crippen molar-refractivity contribution < 1.29 is 0 Å². The lowest BCUT2D eigenvalue weighted by Gasteiger charge is -2.08. The topological polar surface area (TPSA) is 29.3 Å². The van der Waals surface area contributed by atoms with Crippen LogP contribution in [0.3, 0.4) is 0 Å². The van der Waals surface area contributed by atoms with Crippen molar-refractivity contribution in [2.75, 3.05) is 13.1 Å². The van der Waals surface area contributed by atoms with Gasteiger partial charge in [-0.1, -0.05) is 17.7 Å². The van der Waals surface area contributed by atoms with E-state index in [9.17, 15) is 0 Å². The van der Waals surface area contributed by atoms with Crippen LogP contribution in [0.2, 0.25) is 5.15 Å². The quantitative estimate of drug-likeness (QED) is 0.864. The summed E-state index contributed by atoms with van der Waals surface area (Å²) in [5.74, 6) is 1.72. The van der Waals surface area contributed by atoms with E-state index in [0.29, 0.717) is 11.1 Å². The molecule has 0 saturated carbocycles. The monoisotopic (exact) mass is 313 g/mol. The summed E-state index contributed by atoms with van der Waals surface area (Å²) in [6.07, 6.45) is 2.19. The first kappa shape index (κ1) is 11.5. The van der Waals surface area contributed by atoms with Crippen LogP contribution in [0.25, 0.3) is 5.52 Å². The van der Waals surface area contributed by atoms with Crippen LogP contribution >= 0.6 is 27.5 Å². The largest absolute Gasteiger partial charge is 0.316 e. The van der Waals surface area contributed by atoms with Crippen LogP contribution in [0.5, 0.6) is 0 Å². The van der Waals surface area contributed by atoms with E-state index in [2.05, 4.69) is 30.6 Å². The molecule has 1 saturated heterocycles. The van der Waals surface area contributed by atoms with Crippen LogP contribution in [0.15, 0.2) is 22.8 Å². The molecule has 3 nitrogen and oxygen atoms in total. The lowest BCUT2D eigenvalue weighted by Crippen LogP contribution is -2.12. The zero-order chi connectivity index (χ0) is 11.8. The summed E-state index contributed by atoms with van der Waals surface area (Å²) >= 11 is 9.73. The molecule has 3 heterocycles. The molecule has 0 spiro atoms. The summed E-state index contributed by atoms with van der Waals surface area (Å²) < 4.78 is 3.11. The lowest BCUT2D eigenvalue weighted by molar-refractivity contribution is 0.559. The molecule has 1 atom stereocenters. The Balaban J connectivity index is 2.03. The number of imidazole rings is 1. The van der Waals surface area contributed by atoms with Crippen molar-refractivity contribution in [1.82, 2.24) is 14.7 Å². The molecule has 90 valence electrons. The third-order valence-electron chi connectivity index (χ3n) is 3.27. The van der Waals surface area contributed by atoms with Crippen molar-refractivity contribution in [3.05, 3.63) is 33.8 Å². The highest BCUT2D eigenvalue weighted by Gasteiger charge is 2.19. The van der Waals surface area contributed by atoms with Crippen LogP contribution in [-0.4, -0.2) is 22.5 Å². The summed E-state index contributed by atoms with van der Waals surface area (Å²) in [6, 6.07) is 5.99. The van der Waals surface area contributed by atoms with E-state index in [0.717, 1.165) is 35.5 Å². The molecule has 0 aromatic carbocycles. The molecule has 17 heavy (non-hydrogen) atoms. The molecule has 1 unspecified atom stereocenters. The van der Waals surface area contributed by atoms with Crippen molar-refractivity contribution in [3.63, 3.8) is 0 Å². The van der Waals surface area contributed by atoms with Gasteiger partial charge in [0.25, 0.3) is 0 Å². The van der Waals surface area contributed by atoms with Crippen molar-refractivity contribution in [1.29, 1.82) is 0 Å². The molecule has 1 N–H and O–H groups in total. The van der Waals surface area contributed by atoms with E-state index in [4.69, 9.17) is 11.6 Å². The zero-order valence-corrected chi connectivity index (χ0v) is 11.6. The summed E-state index contributed by atoms with van der Waals surface area (Å²) in [4.78, 5) is 4.48. The van der Waals surface area contributed by atoms with Gasteiger partial charge in [0.15, 0.2) is 5.15 Å². The molecule has 0 amide bonds. The predicted molar refractivity (Wildman–Crippen MR) is 72.6 cm³/mol. The first-order chi connectivity index (χ1) is 8.25. The van der Waals surface area contributed by atoms with Crippen LogP contribution in [-0.2, 0) is 6.42 Å². The first-order valence-corrected chi connectivity index (χ1v) is 6.95. The van der Waals surface area contributed by atoms with Gasteiger partial charge in [-0.05, 0) is 53.5 Å². The maximum Gasteiger partial charge on any atom is 0.155 e. The van der Waals surface area contributed by atoms with Gasteiger partial charge in [-0.25, -0.2) is 4.98 Å². The fourth-order valence-electron chi connectivity index (χ4n) is 2.41. The molecule has 5 heteroatoms. The Bertz CT molecular complexity index is 546. The van der Waals surface area contributed by atoms with Gasteiger partial charge >= 0.3 is 0 Å². The van der Waals surface area contributed by atoms with Gasteiger partial charge in [-0.2, -0.15) is 0 Å². The molecule has 3 rings (SSSR count). The zero-order valence-electron chi connectivity index (χ0n) is 9.29. The molecule has 2 aromatic heterocycles. The van der Waals surface area contributed by atoms with Crippen LogP contribution in [0, 0.1) is 5.92 Å². The average molecular weight is 315 g/mol. The third kappa shape index (κ3) is 2.09. The highest BCUT2D eigenvalue weighted by Crippen LogP contribution is 2.25. The predicted octanol–water partition coefficient (Wildman–Crippen LogP) is 2.90. The molecule has 0 aliphatic carbocycles. The Labute approximate surface area is 113 Å². The summed E-state index contributed by atoms with van der Waals surface area (Å²) in [7, 11) is 0. The van der Waals surface area contributed by atoms with E-state index in [1.54, 1.807) is 0 Å². The Hall–Kier alpha value is -0.580. The number of hydrogen-bond acceptors (Lipinski definition) is 2. The number of nitrogens with one attached hydrogen (secondary N) is 1. The van der Waals surface area contributed by atoms with E-state index >= 15 is 0 Å². The Morgan fingerprint density at radius 3 is 3.18 bits per heavy atom. The smallest absolute Gasteiger partial charge is 0.155 e. The first-order valence-electron chi connectivity index (χ1n) is 5.78. The average Bonchev–Trinajstić information content (AvgIpc) is 2.90. The van der Waals surface area contributed by atoms with Gasteiger partial charge in [-0.15, -0.1) is 0 Å². The lowest BCUT2D eigenvalue weighted by atomic mass is 10.1. The summed E-state index contributed by atoms with van der Waals surface area (Å²) in [6.45, 7) is 2.19. The number of fused-ring (bicyclic) bond motifs is 1. The van der Waals surface area contributed by atoms with E-state index in [-0.39, 0.29) is 0 Å². The number of hydrogen-bond donors (Lipinski definition) is 1. The normalized spacial score (nSPS) is 20.2. The Morgan fingerprint density at radius 2 is 2.41 bits per heavy atom. The fourth-order valence-corrected chi connectivity index (χ4v) is 3.20. The van der Waals surface area contributed by atoms with Gasteiger partial charge < -0.3 is 5.32 Å². The van der Waals surface area contributed by atoms with Crippen LogP contribution in [0.1, 0.15) is 12.2 Å². The second-order valence-electron chi connectivity index (χ2n) is 4.45. The molecule has 1 fully saturated rings. The Morgan fingerprint density at radius 1 is 1.53 bits per heavy atom. The van der Waals surface area contributed by atoms with Gasteiger partial charge in [0, 0.05) is 6.42 Å². The Kier molecular flexibility index (Phi) is 3.11. The van der Waals surface area contributed by atoms with E-state index < -0.39 is 0 Å². The van der Waals surface area contributed by atoms with Crippen molar-refractivity contribution in [2.45, 2.75) is 12.8 Å². The van der Waals surface area contributed by atoms with Crippen LogP contribution < -0.4 is 5.32 Å². The maximum atomic E-state index is 6.17. The van der Waals surface area contributed by atoms with Gasteiger partial charge in [0.05, 0.1) is 10.1 Å². The highest BCUT2D eigenvalue weighted by atomic mass is 79.9. The van der Waals surface area contributed by atoms with Crippen molar-refractivity contribution >= 4 is 33.0 Å². The van der Waals surface area contributed by atoms with E-state index in [1.165, 1.54) is 6.42 Å². The molecular weight excluding hydrogens is 302 g/mol. The molecule has 2 aromatic rings. The van der Waals surface area contributed by atoms with Gasteiger partial charge in [-0.3, -0.25) is 4.40 Å². The molecule has 1 aliphatic heterocycles. The number of nitrogens with zero attached hydrogens (tertiary/aromatic N) is 2. The fraction of sp³-hybridized carbons (Fsp3) is 0.417. The third-order valence-corrected chi connectivity index (χ3v) is 4.17. The van der Waals surface area contributed by atoms with Gasteiger partial charge in [0.1, 0.15) is 5.82 Å². The number of halogens is 2. The standard InChI is InChI=1S/C12H13BrClN3/c13-10-3-1-2-9-12(14)16-11(17(9)10)6-8-4-5-15-7-8/h1-3,8,15H,4-7H2. The minimum absolute atomic E-state index is 0.590. The maximum absolute atomic E-state index is 6.17. The van der Waals surface area contributed by atoms with Crippen molar-refractivity contribution in [2.24, 2.45) is 5.92 Å². The van der Waals surface area contributed by atoms with Crippen LogP contribution in [0.4, 0.5) is 0 Å². The molecule has 0 bridgehead atoms. The number of pyridine rings is 1. The second kappa shape index (κ2) is 4.59. The second-order valence-corrected chi connectivity index (χ2v) is 5.62. The number of rotatable bonds is 2. The summed E-state index contributed by atoms with van der Waals surface area (Å²) in [5, 5.41) is 3.97. The highest BCUT2D eigenvalue weighted by molar-refractivity contribution is 9.10. The minimum Gasteiger partial charge on any atom is -0.316 e. The summed E-state index contributed by atoms with van der Waals surface area (Å²) in [5.41, 5.74) is 0.974. The molecule has 0 radical (unpaired) electrons. The molecular formula is C12H13BrClN3.